The lowest BCUT2D eigenvalue weighted by Gasteiger charge is -2.23. The predicted molar refractivity (Wildman–Crippen MR) is 98.5 cm³/mol. The molecular weight excluding hydrogens is 320 g/mol. The largest absolute Gasteiger partial charge is 0.326 e. The molecule has 1 heterocycles. The number of fused-ring (bicyclic) bond motifs is 1. The van der Waals surface area contributed by atoms with Crippen LogP contribution in [0.4, 0.5) is 11.4 Å². The van der Waals surface area contributed by atoms with E-state index < -0.39 is 5.25 Å². The molecule has 0 aromatic heterocycles. The zero-order valence-electron chi connectivity index (χ0n) is 13.7. The molecule has 0 saturated carbocycles. The van der Waals surface area contributed by atoms with Crippen molar-refractivity contribution in [2.24, 2.45) is 0 Å². The topological polar surface area (TPSA) is 58.2 Å². The molecular formula is C19H20N2O2S. The van der Waals surface area contributed by atoms with Crippen molar-refractivity contribution in [2.75, 3.05) is 10.6 Å². The molecule has 0 bridgehead atoms. The first-order valence-corrected chi connectivity index (χ1v) is 8.87. The Labute approximate surface area is 146 Å². The van der Waals surface area contributed by atoms with E-state index >= 15 is 0 Å². The number of carbonyl (C=O) groups excluding carboxylic acids is 2. The Kier molecular flexibility index (Phi) is 4.90. The maximum atomic E-state index is 12.3. The van der Waals surface area contributed by atoms with Crippen molar-refractivity contribution in [3.8, 4) is 0 Å². The molecule has 2 amide bonds. The molecule has 24 heavy (non-hydrogen) atoms. The molecule has 5 heteroatoms. The molecule has 0 radical (unpaired) electrons. The summed E-state index contributed by atoms with van der Waals surface area (Å²) in [6.07, 6.45) is 0.150. The Hall–Kier alpha value is -2.27. The number of nitrogens with one attached hydrogen (secondary N) is 2. The first-order valence-electron chi connectivity index (χ1n) is 7.99. The number of hydrogen-bond acceptors (Lipinski definition) is 3. The van der Waals surface area contributed by atoms with Gasteiger partial charge in [-0.15, -0.1) is 11.8 Å². The van der Waals surface area contributed by atoms with Gasteiger partial charge in [0.15, 0.2) is 0 Å². The first kappa shape index (κ1) is 16.6. The van der Waals surface area contributed by atoms with Crippen molar-refractivity contribution in [3.63, 3.8) is 0 Å². The van der Waals surface area contributed by atoms with Crippen molar-refractivity contribution in [3.05, 3.63) is 54.1 Å². The molecule has 124 valence electrons. The van der Waals surface area contributed by atoms with Gasteiger partial charge < -0.3 is 10.6 Å². The van der Waals surface area contributed by atoms with Gasteiger partial charge in [-0.2, -0.15) is 0 Å². The summed E-state index contributed by atoms with van der Waals surface area (Å²) in [6.45, 7) is 4.22. The quantitative estimate of drug-likeness (QED) is 0.875. The van der Waals surface area contributed by atoms with E-state index in [-0.39, 0.29) is 18.2 Å². The number of thioether (sulfide) groups is 1. The second-order valence-corrected chi connectivity index (χ2v) is 7.37. The summed E-state index contributed by atoms with van der Waals surface area (Å²) in [6, 6.07) is 15.5. The van der Waals surface area contributed by atoms with Crippen molar-refractivity contribution < 1.29 is 9.59 Å². The van der Waals surface area contributed by atoms with Crippen LogP contribution >= 0.6 is 11.8 Å². The fourth-order valence-electron chi connectivity index (χ4n) is 2.58. The number of hydrogen-bond donors (Lipinski definition) is 2. The van der Waals surface area contributed by atoms with Gasteiger partial charge in [-0.25, -0.2) is 0 Å². The summed E-state index contributed by atoms with van der Waals surface area (Å²) in [5.41, 5.74) is 2.76. The number of rotatable bonds is 4. The smallest absolute Gasteiger partial charge is 0.238 e. The van der Waals surface area contributed by atoms with Gasteiger partial charge in [0, 0.05) is 17.0 Å². The number of carbonyl (C=O) groups is 2. The van der Waals surface area contributed by atoms with Crippen LogP contribution in [0, 0.1) is 0 Å². The standard InChI is InChI=1S/C19H20N2O2S/c1-12(2)13-6-5-7-14(10-13)20-18(22)11-17-19(23)21-15-8-3-4-9-16(15)24-17/h3-10,12,17H,11H2,1-2H3,(H,20,22)(H,21,23)/t17-/m0/s1. The average Bonchev–Trinajstić information content (AvgIpc) is 2.55. The molecule has 0 unspecified atom stereocenters. The lowest BCUT2D eigenvalue weighted by Crippen LogP contribution is -2.32. The number of anilines is 2. The molecule has 3 rings (SSSR count). The zero-order valence-corrected chi connectivity index (χ0v) is 14.5. The fourth-order valence-corrected chi connectivity index (χ4v) is 3.69. The van der Waals surface area contributed by atoms with Gasteiger partial charge in [-0.1, -0.05) is 38.1 Å². The highest BCUT2D eigenvalue weighted by molar-refractivity contribution is 8.01. The number of benzene rings is 2. The lowest BCUT2D eigenvalue weighted by atomic mass is 10.0. The van der Waals surface area contributed by atoms with Crippen molar-refractivity contribution in [1.82, 2.24) is 0 Å². The van der Waals surface area contributed by atoms with Crippen LogP contribution in [0.25, 0.3) is 0 Å². The third-order valence-electron chi connectivity index (χ3n) is 3.91. The Bertz CT molecular complexity index is 773. The molecule has 1 aliphatic heterocycles. The Balaban J connectivity index is 1.65. The van der Waals surface area contributed by atoms with E-state index in [0.29, 0.717) is 5.92 Å². The minimum atomic E-state index is -0.409. The highest BCUT2D eigenvalue weighted by Gasteiger charge is 2.28. The summed E-state index contributed by atoms with van der Waals surface area (Å²) < 4.78 is 0. The van der Waals surface area contributed by atoms with Gasteiger partial charge in [-0.05, 0) is 35.7 Å². The van der Waals surface area contributed by atoms with Gasteiger partial charge in [-0.3, -0.25) is 9.59 Å². The van der Waals surface area contributed by atoms with E-state index in [2.05, 4.69) is 24.5 Å². The minimum absolute atomic E-state index is 0.121. The lowest BCUT2D eigenvalue weighted by molar-refractivity contribution is -0.120. The van der Waals surface area contributed by atoms with Crippen molar-refractivity contribution >= 4 is 35.0 Å². The Morgan fingerprint density at radius 2 is 2.00 bits per heavy atom. The van der Waals surface area contributed by atoms with Crippen molar-refractivity contribution in [2.45, 2.75) is 36.3 Å². The monoisotopic (exact) mass is 340 g/mol. The Morgan fingerprint density at radius 3 is 2.79 bits per heavy atom. The van der Waals surface area contributed by atoms with E-state index in [0.717, 1.165) is 16.3 Å². The van der Waals surface area contributed by atoms with Crippen molar-refractivity contribution in [1.29, 1.82) is 0 Å². The molecule has 1 atom stereocenters. The van der Waals surface area contributed by atoms with Gasteiger partial charge in [0.05, 0.1) is 10.9 Å². The van der Waals surface area contributed by atoms with Gasteiger partial charge in [0.2, 0.25) is 11.8 Å². The average molecular weight is 340 g/mol. The predicted octanol–water partition coefficient (Wildman–Crippen LogP) is 4.25. The normalized spacial score (nSPS) is 16.5. The SMILES string of the molecule is CC(C)c1cccc(NC(=O)C[C@@H]2Sc3ccccc3NC2=O)c1. The maximum absolute atomic E-state index is 12.3. The van der Waals surface area contributed by atoms with Crippen LogP contribution in [-0.2, 0) is 9.59 Å². The molecule has 1 aliphatic rings. The highest BCUT2D eigenvalue weighted by Crippen LogP contribution is 2.36. The van der Waals surface area contributed by atoms with Crippen LogP contribution < -0.4 is 10.6 Å². The van der Waals surface area contributed by atoms with Gasteiger partial charge in [0.25, 0.3) is 0 Å². The second kappa shape index (κ2) is 7.09. The van der Waals surface area contributed by atoms with E-state index in [9.17, 15) is 9.59 Å². The van der Waals surface area contributed by atoms with Crippen LogP contribution in [0.15, 0.2) is 53.4 Å². The van der Waals surface area contributed by atoms with Gasteiger partial charge in [0.1, 0.15) is 0 Å². The molecule has 0 saturated heterocycles. The summed E-state index contributed by atoms with van der Waals surface area (Å²) >= 11 is 1.44. The Morgan fingerprint density at radius 1 is 1.21 bits per heavy atom. The molecule has 2 aromatic carbocycles. The van der Waals surface area contributed by atoms with Crippen LogP contribution in [0.3, 0.4) is 0 Å². The zero-order chi connectivity index (χ0) is 17.1. The summed E-state index contributed by atoms with van der Waals surface area (Å²) in [5, 5.41) is 5.35. The number of amides is 2. The molecule has 0 spiro atoms. The maximum Gasteiger partial charge on any atom is 0.238 e. The summed E-state index contributed by atoms with van der Waals surface area (Å²) in [5.74, 6) is 0.130. The van der Waals surface area contributed by atoms with Crippen LogP contribution in [-0.4, -0.2) is 17.1 Å². The molecule has 0 aliphatic carbocycles. The third-order valence-corrected chi connectivity index (χ3v) is 5.19. The van der Waals surface area contributed by atoms with E-state index in [1.807, 2.05) is 48.5 Å². The molecule has 2 N–H and O–H groups in total. The highest BCUT2D eigenvalue weighted by atomic mass is 32.2. The second-order valence-electron chi connectivity index (χ2n) is 6.12. The van der Waals surface area contributed by atoms with E-state index in [1.165, 1.54) is 17.3 Å². The molecule has 2 aromatic rings. The van der Waals surface area contributed by atoms with Crippen LogP contribution in [0.1, 0.15) is 31.7 Å². The van der Waals surface area contributed by atoms with Crippen LogP contribution in [0.5, 0.6) is 0 Å². The van der Waals surface area contributed by atoms with E-state index in [1.54, 1.807) is 0 Å². The number of para-hydroxylation sites is 1. The molecule has 0 fully saturated rings. The van der Waals surface area contributed by atoms with Gasteiger partial charge >= 0.3 is 0 Å². The molecule has 4 nitrogen and oxygen atoms in total. The minimum Gasteiger partial charge on any atom is -0.326 e. The van der Waals surface area contributed by atoms with E-state index in [4.69, 9.17) is 0 Å². The fraction of sp³-hybridized carbons (Fsp3) is 0.263. The summed E-state index contributed by atoms with van der Waals surface area (Å²) in [4.78, 5) is 25.5. The summed E-state index contributed by atoms with van der Waals surface area (Å²) in [7, 11) is 0. The third kappa shape index (κ3) is 3.79. The first-order chi connectivity index (χ1) is 11.5. The van der Waals surface area contributed by atoms with Crippen LogP contribution in [0.2, 0.25) is 0 Å².